The lowest BCUT2D eigenvalue weighted by Crippen LogP contribution is -2.39. The van der Waals surface area contributed by atoms with Crippen LogP contribution in [-0.2, 0) is 14.8 Å². The fourth-order valence-corrected chi connectivity index (χ4v) is 4.47. The number of sulfonamides is 1. The van der Waals surface area contributed by atoms with E-state index in [0.29, 0.717) is 11.5 Å². The minimum Gasteiger partial charge on any atom is -0.493 e. The second-order valence-electron chi connectivity index (χ2n) is 7.74. The average molecular weight is 503 g/mol. The Morgan fingerprint density at radius 3 is 2.34 bits per heavy atom. The van der Waals surface area contributed by atoms with Gasteiger partial charge in [-0.1, -0.05) is 0 Å². The maximum atomic E-state index is 13.3. The zero-order valence-electron chi connectivity index (χ0n) is 20.1. The first kappa shape index (κ1) is 25.8. The van der Waals surface area contributed by atoms with Crippen molar-refractivity contribution in [2.45, 2.75) is 13.8 Å². The van der Waals surface area contributed by atoms with Crippen LogP contribution in [0.25, 0.3) is 5.69 Å². The van der Waals surface area contributed by atoms with Gasteiger partial charge in [0, 0.05) is 28.7 Å². The number of aromatic nitrogens is 1. The van der Waals surface area contributed by atoms with Crippen molar-refractivity contribution in [1.29, 1.82) is 0 Å². The third kappa shape index (κ3) is 5.99. The van der Waals surface area contributed by atoms with Crippen LogP contribution in [-0.4, -0.2) is 52.1 Å². The van der Waals surface area contributed by atoms with Crippen LogP contribution in [0.15, 0.2) is 53.6 Å². The highest BCUT2D eigenvalue weighted by Crippen LogP contribution is 2.32. The zero-order chi connectivity index (χ0) is 25.8. The number of carbonyl (C=O) groups is 1. The minimum atomic E-state index is -3.78. The van der Waals surface area contributed by atoms with Gasteiger partial charge >= 0.3 is 0 Å². The normalized spacial score (nSPS) is 11.5. The van der Waals surface area contributed by atoms with Crippen LogP contribution in [0.4, 0.5) is 10.1 Å². The summed E-state index contributed by atoms with van der Waals surface area (Å²) in [5.74, 6) is -0.198. The lowest BCUT2D eigenvalue weighted by atomic mass is 10.2. The Morgan fingerprint density at radius 2 is 1.74 bits per heavy atom. The molecule has 1 aromatic heterocycles. The van der Waals surface area contributed by atoms with Crippen molar-refractivity contribution in [1.82, 2.24) is 9.99 Å². The van der Waals surface area contributed by atoms with Crippen molar-refractivity contribution < 1.29 is 27.1 Å². The lowest BCUT2D eigenvalue weighted by Gasteiger charge is -2.22. The number of methoxy groups -OCH3 is 2. The van der Waals surface area contributed by atoms with E-state index in [1.165, 1.54) is 44.7 Å². The Hall–Kier alpha value is -3.86. The molecule has 0 unspecified atom stereocenters. The molecule has 11 heteroatoms. The van der Waals surface area contributed by atoms with Crippen LogP contribution < -0.4 is 19.2 Å². The number of halogens is 1. The maximum absolute atomic E-state index is 13.3. The van der Waals surface area contributed by atoms with Crippen LogP contribution in [0.5, 0.6) is 11.5 Å². The summed E-state index contributed by atoms with van der Waals surface area (Å²) in [4.78, 5) is 12.5. The first-order chi connectivity index (χ1) is 16.5. The van der Waals surface area contributed by atoms with Gasteiger partial charge in [0.2, 0.25) is 10.0 Å². The highest BCUT2D eigenvalue weighted by molar-refractivity contribution is 7.92. The minimum absolute atomic E-state index is 0.243. The van der Waals surface area contributed by atoms with Gasteiger partial charge in [-0.15, -0.1) is 0 Å². The molecule has 2 aromatic carbocycles. The van der Waals surface area contributed by atoms with Gasteiger partial charge in [0.15, 0.2) is 11.5 Å². The number of aryl methyl sites for hydroxylation is 1. The predicted molar refractivity (Wildman–Crippen MR) is 133 cm³/mol. The number of ether oxygens (including phenoxy) is 2. The van der Waals surface area contributed by atoms with E-state index in [2.05, 4.69) is 10.5 Å². The molecule has 0 saturated carbocycles. The van der Waals surface area contributed by atoms with E-state index < -0.39 is 22.5 Å². The molecule has 0 radical (unpaired) electrons. The molecule has 1 amide bonds. The van der Waals surface area contributed by atoms with E-state index in [-0.39, 0.29) is 11.5 Å². The molecule has 3 aromatic rings. The second kappa shape index (κ2) is 10.6. The smallest absolute Gasteiger partial charge is 0.260 e. The number of anilines is 1. The number of nitrogens with one attached hydrogen (secondary N) is 1. The van der Waals surface area contributed by atoms with E-state index in [9.17, 15) is 17.6 Å². The lowest BCUT2D eigenvalue weighted by molar-refractivity contribution is -0.119. The molecule has 0 fully saturated rings. The summed E-state index contributed by atoms with van der Waals surface area (Å²) < 4.78 is 51.3. The highest BCUT2D eigenvalue weighted by Gasteiger charge is 2.22. The van der Waals surface area contributed by atoms with Gasteiger partial charge in [0.25, 0.3) is 5.91 Å². The van der Waals surface area contributed by atoms with Crippen LogP contribution in [0.2, 0.25) is 0 Å². The third-order valence-electron chi connectivity index (χ3n) is 5.29. The molecule has 3 rings (SSSR count). The van der Waals surface area contributed by atoms with Crippen LogP contribution in [0.3, 0.4) is 0 Å². The fraction of sp³-hybridized carbons (Fsp3) is 0.250. The van der Waals surface area contributed by atoms with E-state index >= 15 is 0 Å². The first-order valence-corrected chi connectivity index (χ1v) is 12.4. The Morgan fingerprint density at radius 1 is 1.09 bits per heavy atom. The van der Waals surface area contributed by atoms with Gasteiger partial charge in [0.1, 0.15) is 12.4 Å². The number of hydrogen-bond acceptors (Lipinski definition) is 6. The van der Waals surface area contributed by atoms with E-state index in [1.807, 2.05) is 24.5 Å². The van der Waals surface area contributed by atoms with Gasteiger partial charge in [-0.05, 0) is 56.3 Å². The predicted octanol–water partition coefficient (Wildman–Crippen LogP) is 3.17. The van der Waals surface area contributed by atoms with Crippen LogP contribution in [0, 0.1) is 19.7 Å². The number of rotatable bonds is 9. The molecule has 0 saturated heterocycles. The Balaban J connectivity index is 1.76. The third-order valence-corrected chi connectivity index (χ3v) is 6.43. The molecule has 0 atom stereocenters. The van der Waals surface area contributed by atoms with Crippen molar-refractivity contribution in [2.75, 3.05) is 31.3 Å². The van der Waals surface area contributed by atoms with Crippen molar-refractivity contribution in [3.8, 4) is 17.2 Å². The van der Waals surface area contributed by atoms with Gasteiger partial charge < -0.3 is 14.0 Å². The SMILES string of the molecule is COc1ccc(N(CC(=O)N/N=C/c2cc(C)n(-c3ccc(F)cc3)c2C)S(C)(=O)=O)cc1OC. The standard InChI is InChI=1S/C24H27FN4O5S/c1-16-12-18(17(2)29(16)20-8-6-19(25)7-9-20)14-26-27-24(30)15-28(35(5,31)32)21-10-11-22(33-3)23(13-21)34-4/h6-14H,15H2,1-5H3,(H,27,30)/b26-14+. The molecule has 1 heterocycles. The quantitative estimate of drug-likeness (QED) is 0.358. The van der Waals surface area contributed by atoms with Gasteiger partial charge in [-0.3, -0.25) is 9.10 Å². The topological polar surface area (TPSA) is 102 Å². The van der Waals surface area contributed by atoms with Crippen molar-refractivity contribution in [3.05, 3.63) is 71.3 Å². The second-order valence-corrected chi connectivity index (χ2v) is 9.65. The van der Waals surface area contributed by atoms with Crippen molar-refractivity contribution in [3.63, 3.8) is 0 Å². The number of hydrazone groups is 1. The summed E-state index contributed by atoms with van der Waals surface area (Å²) in [6, 6.07) is 12.5. The molecule has 186 valence electrons. The number of hydrogen-bond donors (Lipinski definition) is 1. The first-order valence-electron chi connectivity index (χ1n) is 10.5. The van der Waals surface area contributed by atoms with Gasteiger partial charge in [-0.2, -0.15) is 5.10 Å². The highest BCUT2D eigenvalue weighted by atomic mass is 32.2. The number of amides is 1. The van der Waals surface area contributed by atoms with E-state index in [4.69, 9.17) is 9.47 Å². The summed E-state index contributed by atoms with van der Waals surface area (Å²) in [6.07, 6.45) is 2.48. The van der Waals surface area contributed by atoms with Crippen molar-refractivity contribution >= 4 is 27.8 Å². The summed E-state index contributed by atoms with van der Waals surface area (Å²) in [6.45, 7) is 3.29. The molecule has 0 spiro atoms. The molecule has 1 N–H and O–H groups in total. The molecule has 0 aliphatic carbocycles. The van der Waals surface area contributed by atoms with Crippen molar-refractivity contribution in [2.24, 2.45) is 5.10 Å². The molecule has 0 aliphatic rings. The average Bonchev–Trinajstić information content (AvgIpc) is 3.09. The van der Waals surface area contributed by atoms with Crippen LogP contribution >= 0.6 is 0 Å². The van der Waals surface area contributed by atoms with E-state index in [1.54, 1.807) is 18.2 Å². The molecule has 9 nitrogen and oxygen atoms in total. The largest absolute Gasteiger partial charge is 0.493 e. The van der Waals surface area contributed by atoms with Gasteiger partial charge in [-0.25, -0.2) is 18.2 Å². The Kier molecular flexibility index (Phi) is 7.80. The Bertz CT molecular complexity index is 1350. The number of nitrogens with zero attached hydrogens (tertiary/aromatic N) is 3. The number of carbonyl (C=O) groups excluding carboxylic acids is 1. The monoisotopic (exact) mass is 502 g/mol. The fourth-order valence-electron chi connectivity index (χ4n) is 3.63. The molecule has 0 aliphatic heterocycles. The molecule has 0 bridgehead atoms. The van der Waals surface area contributed by atoms with Gasteiger partial charge in [0.05, 0.1) is 32.4 Å². The summed E-state index contributed by atoms with van der Waals surface area (Å²) >= 11 is 0. The van der Waals surface area contributed by atoms with E-state index in [0.717, 1.165) is 33.2 Å². The summed E-state index contributed by atoms with van der Waals surface area (Å²) in [5.41, 5.74) is 5.89. The molecule has 35 heavy (non-hydrogen) atoms. The summed E-state index contributed by atoms with van der Waals surface area (Å²) in [5, 5.41) is 3.99. The summed E-state index contributed by atoms with van der Waals surface area (Å²) in [7, 11) is -0.885. The maximum Gasteiger partial charge on any atom is 0.260 e. The zero-order valence-corrected chi connectivity index (χ0v) is 20.9. The Labute approximate surface area is 203 Å². The number of benzene rings is 2. The van der Waals surface area contributed by atoms with Crippen LogP contribution in [0.1, 0.15) is 17.0 Å². The molecular formula is C24H27FN4O5S. The molecular weight excluding hydrogens is 475 g/mol.